The molecule has 0 aliphatic heterocycles. The van der Waals surface area contributed by atoms with Crippen molar-refractivity contribution in [3.63, 3.8) is 0 Å². The molecule has 0 aliphatic carbocycles. The van der Waals surface area contributed by atoms with Crippen molar-refractivity contribution in [2.24, 2.45) is 0 Å². The van der Waals surface area contributed by atoms with Crippen LogP contribution in [0.3, 0.4) is 0 Å². The molecule has 92 valence electrons. The number of nitrogens with two attached hydrogens (primary N) is 1. The van der Waals surface area contributed by atoms with E-state index in [1.807, 2.05) is 0 Å². The van der Waals surface area contributed by atoms with Crippen molar-refractivity contribution in [1.82, 2.24) is 0 Å². The van der Waals surface area contributed by atoms with Crippen LogP contribution < -0.4 is 5.73 Å². The highest BCUT2D eigenvalue weighted by atomic mass is 19.1. The van der Waals surface area contributed by atoms with E-state index < -0.39 is 23.0 Å². The lowest BCUT2D eigenvalue weighted by Crippen LogP contribution is -2.09. The highest BCUT2D eigenvalue weighted by Crippen LogP contribution is 2.16. The molecule has 0 bridgehead atoms. The van der Waals surface area contributed by atoms with E-state index in [1.165, 1.54) is 6.07 Å². The van der Waals surface area contributed by atoms with E-state index >= 15 is 0 Å². The smallest absolute Gasteiger partial charge is 0.173 e. The summed E-state index contributed by atoms with van der Waals surface area (Å²) < 4.78 is 26.8. The number of carbonyl (C=O) groups is 1. The molecule has 0 aliphatic rings. The first-order chi connectivity index (χ1) is 8.58. The van der Waals surface area contributed by atoms with Gasteiger partial charge in [0.1, 0.15) is 11.6 Å². The molecule has 0 saturated heterocycles. The number of ketones is 1. The maximum Gasteiger partial charge on any atom is 0.173 e. The van der Waals surface area contributed by atoms with Gasteiger partial charge in [-0.1, -0.05) is 18.2 Å². The van der Waals surface area contributed by atoms with E-state index in [4.69, 9.17) is 5.73 Å². The number of carbonyl (C=O) groups excluding carboxylic acids is 1. The first-order valence-electron chi connectivity index (χ1n) is 5.39. The molecule has 0 aromatic heterocycles. The van der Waals surface area contributed by atoms with Crippen molar-refractivity contribution >= 4 is 11.5 Å². The fourth-order valence-electron chi connectivity index (χ4n) is 1.74. The third-order valence-electron chi connectivity index (χ3n) is 2.56. The van der Waals surface area contributed by atoms with Gasteiger partial charge in [0.05, 0.1) is 5.56 Å². The van der Waals surface area contributed by atoms with Crippen LogP contribution in [0.4, 0.5) is 14.5 Å². The number of hydrogen-bond acceptors (Lipinski definition) is 2. The van der Waals surface area contributed by atoms with Crippen LogP contribution in [0.5, 0.6) is 0 Å². The summed E-state index contributed by atoms with van der Waals surface area (Å²) in [5.74, 6) is -2.29. The van der Waals surface area contributed by atoms with Crippen LogP contribution in [0, 0.1) is 11.6 Å². The van der Waals surface area contributed by atoms with Crippen molar-refractivity contribution < 1.29 is 13.6 Å². The predicted molar refractivity (Wildman–Crippen MR) is 65.2 cm³/mol. The molecule has 0 radical (unpaired) electrons. The fourth-order valence-corrected chi connectivity index (χ4v) is 1.74. The van der Waals surface area contributed by atoms with Gasteiger partial charge in [0, 0.05) is 12.1 Å². The van der Waals surface area contributed by atoms with Crippen LogP contribution in [-0.4, -0.2) is 5.78 Å². The van der Waals surface area contributed by atoms with Gasteiger partial charge in [-0.15, -0.1) is 0 Å². The first-order valence-corrected chi connectivity index (χ1v) is 5.39. The van der Waals surface area contributed by atoms with Crippen molar-refractivity contribution in [2.75, 3.05) is 5.73 Å². The maximum atomic E-state index is 13.4. The number of hydrogen-bond donors (Lipinski definition) is 1. The molecular formula is C14H11F2NO. The Balaban J connectivity index is 2.28. The standard InChI is InChI=1S/C14H11F2NO/c15-11-5-2-6-12(16)14(11)13(18)8-9-3-1-4-10(17)7-9/h1-7H,8,17H2. The number of nitrogen functional groups attached to an aromatic ring is 1. The Morgan fingerprint density at radius 1 is 1.06 bits per heavy atom. The Morgan fingerprint density at radius 2 is 1.67 bits per heavy atom. The highest BCUT2D eigenvalue weighted by molar-refractivity contribution is 5.98. The van der Waals surface area contributed by atoms with Crippen molar-refractivity contribution in [2.45, 2.75) is 6.42 Å². The molecule has 0 atom stereocenters. The average molecular weight is 247 g/mol. The van der Waals surface area contributed by atoms with Gasteiger partial charge >= 0.3 is 0 Å². The zero-order valence-electron chi connectivity index (χ0n) is 9.49. The predicted octanol–water partition coefficient (Wildman–Crippen LogP) is 2.97. The Bertz CT molecular complexity index is 576. The molecule has 2 N–H and O–H groups in total. The molecule has 4 heteroatoms. The van der Waals surface area contributed by atoms with E-state index in [9.17, 15) is 13.6 Å². The van der Waals surface area contributed by atoms with Crippen molar-refractivity contribution in [3.05, 3.63) is 65.2 Å². The summed E-state index contributed by atoms with van der Waals surface area (Å²) in [5.41, 5.74) is 6.21. The van der Waals surface area contributed by atoms with Gasteiger partial charge in [-0.05, 0) is 29.8 Å². The topological polar surface area (TPSA) is 43.1 Å². The Hall–Kier alpha value is -2.23. The summed E-state index contributed by atoms with van der Waals surface area (Å²) in [6.45, 7) is 0. The van der Waals surface area contributed by atoms with Crippen LogP contribution in [-0.2, 0) is 6.42 Å². The SMILES string of the molecule is Nc1cccc(CC(=O)c2c(F)cccc2F)c1. The zero-order chi connectivity index (χ0) is 13.1. The van der Waals surface area contributed by atoms with Crippen LogP contribution in [0.2, 0.25) is 0 Å². The van der Waals surface area contributed by atoms with E-state index in [2.05, 4.69) is 0 Å². The normalized spacial score (nSPS) is 10.3. The lowest BCUT2D eigenvalue weighted by atomic mass is 10.0. The van der Waals surface area contributed by atoms with Gasteiger partial charge < -0.3 is 5.73 Å². The molecule has 0 heterocycles. The molecule has 18 heavy (non-hydrogen) atoms. The van der Waals surface area contributed by atoms with Crippen LogP contribution >= 0.6 is 0 Å². The van der Waals surface area contributed by atoms with Gasteiger partial charge in [-0.3, -0.25) is 4.79 Å². The Labute approximate surface area is 103 Å². The third kappa shape index (κ3) is 2.53. The number of anilines is 1. The molecular weight excluding hydrogens is 236 g/mol. The average Bonchev–Trinajstić information content (AvgIpc) is 2.28. The molecule has 2 rings (SSSR count). The number of halogens is 2. The van der Waals surface area contributed by atoms with Crippen LogP contribution in [0.1, 0.15) is 15.9 Å². The summed E-state index contributed by atoms with van der Waals surface area (Å²) in [7, 11) is 0. The van der Waals surface area contributed by atoms with E-state index in [-0.39, 0.29) is 6.42 Å². The summed E-state index contributed by atoms with van der Waals surface area (Å²) >= 11 is 0. The third-order valence-corrected chi connectivity index (χ3v) is 2.56. The van der Waals surface area contributed by atoms with E-state index in [1.54, 1.807) is 24.3 Å². The van der Waals surface area contributed by atoms with Gasteiger partial charge in [-0.25, -0.2) is 8.78 Å². The molecule has 0 spiro atoms. The quantitative estimate of drug-likeness (QED) is 0.669. The molecule has 0 unspecified atom stereocenters. The van der Waals surface area contributed by atoms with Crippen LogP contribution in [0.15, 0.2) is 42.5 Å². The minimum atomic E-state index is -0.844. The van der Waals surface area contributed by atoms with Gasteiger partial charge in [0.15, 0.2) is 5.78 Å². The lowest BCUT2D eigenvalue weighted by molar-refractivity contribution is 0.0985. The summed E-state index contributed by atoms with van der Waals surface area (Å²) in [5, 5.41) is 0. The Kier molecular flexibility index (Phi) is 3.37. The number of benzene rings is 2. The first kappa shape index (κ1) is 12.2. The van der Waals surface area contributed by atoms with E-state index in [0.29, 0.717) is 11.3 Å². The maximum absolute atomic E-state index is 13.4. The summed E-state index contributed by atoms with van der Waals surface area (Å²) in [6, 6.07) is 10.0. The molecule has 0 amide bonds. The molecule has 0 saturated carbocycles. The number of Topliss-reactive ketones (excluding diaryl/α,β-unsaturated/α-hetero) is 1. The van der Waals surface area contributed by atoms with Gasteiger partial charge in [0.25, 0.3) is 0 Å². The van der Waals surface area contributed by atoms with Gasteiger partial charge in [-0.2, -0.15) is 0 Å². The van der Waals surface area contributed by atoms with Crippen LogP contribution in [0.25, 0.3) is 0 Å². The number of rotatable bonds is 3. The fraction of sp³-hybridized carbons (Fsp3) is 0.0714. The molecule has 2 nitrogen and oxygen atoms in total. The van der Waals surface area contributed by atoms with Crippen molar-refractivity contribution in [3.8, 4) is 0 Å². The molecule has 0 fully saturated rings. The van der Waals surface area contributed by atoms with Gasteiger partial charge in [0.2, 0.25) is 0 Å². The Morgan fingerprint density at radius 3 is 2.28 bits per heavy atom. The minimum Gasteiger partial charge on any atom is -0.399 e. The second-order valence-electron chi connectivity index (χ2n) is 3.94. The summed E-state index contributed by atoms with van der Waals surface area (Å²) in [6.07, 6.45) is -0.0805. The molecule has 2 aromatic rings. The largest absolute Gasteiger partial charge is 0.399 e. The second-order valence-corrected chi connectivity index (χ2v) is 3.94. The summed E-state index contributed by atoms with van der Waals surface area (Å²) in [4.78, 5) is 11.8. The lowest BCUT2D eigenvalue weighted by Gasteiger charge is -2.05. The molecule has 2 aromatic carbocycles. The second kappa shape index (κ2) is 4.96. The monoisotopic (exact) mass is 247 g/mol. The highest BCUT2D eigenvalue weighted by Gasteiger charge is 2.17. The minimum absolute atomic E-state index is 0.0805. The van der Waals surface area contributed by atoms with E-state index in [0.717, 1.165) is 12.1 Å². The van der Waals surface area contributed by atoms with Crippen molar-refractivity contribution in [1.29, 1.82) is 0 Å². The zero-order valence-corrected chi connectivity index (χ0v) is 9.49.